The van der Waals surface area contributed by atoms with Crippen molar-refractivity contribution in [3.63, 3.8) is 0 Å². The highest BCUT2D eigenvalue weighted by atomic mass is 16.6. The summed E-state index contributed by atoms with van der Waals surface area (Å²) in [7, 11) is 0. The standard InChI is InChI=1S/C23H22O2/c1-4-10-19(11-5-1)18-23(21-14-8-3-9-15-21)22(24-16-17-25-23)20-12-6-2-7-13-20/h1-15,22H,16-18H2/t22-,23+/m0/s1. The van der Waals surface area contributed by atoms with Gasteiger partial charge in [0.2, 0.25) is 0 Å². The van der Waals surface area contributed by atoms with Gasteiger partial charge in [0, 0.05) is 6.42 Å². The Kier molecular flexibility index (Phi) is 4.64. The van der Waals surface area contributed by atoms with Crippen molar-refractivity contribution in [2.45, 2.75) is 18.1 Å². The number of hydrogen-bond acceptors (Lipinski definition) is 2. The van der Waals surface area contributed by atoms with E-state index in [1.54, 1.807) is 0 Å². The maximum absolute atomic E-state index is 6.50. The van der Waals surface area contributed by atoms with Crippen LogP contribution in [-0.2, 0) is 21.5 Å². The fourth-order valence-corrected chi connectivity index (χ4v) is 3.69. The molecule has 126 valence electrons. The van der Waals surface area contributed by atoms with Gasteiger partial charge in [0.25, 0.3) is 0 Å². The van der Waals surface area contributed by atoms with Crippen LogP contribution in [0, 0.1) is 0 Å². The number of hydrogen-bond donors (Lipinski definition) is 0. The van der Waals surface area contributed by atoms with Crippen LogP contribution in [-0.4, -0.2) is 13.2 Å². The number of benzene rings is 3. The van der Waals surface area contributed by atoms with Crippen molar-refractivity contribution in [1.29, 1.82) is 0 Å². The summed E-state index contributed by atoms with van der Waals surface area (Å²) in [6.45, 7) is 1.22. The topological polar surface area (TPSA) is 18.5 Å². The van der Waals surface area contributed by atoms with E-state index in [2.05, 4.69) is 72.8 Å². The molecule has 0 aromatic heterocycles. The number of rotatable bonds is 4. The lowest BCUT2D eigenvalue weighted by Gasteiger charge is -2.44. The van der Waals surface area contributed by atoms with Gasteiger partial charge in [-0.1, -0.05) is 91.0 Å². The van der Waals surface area contributed by atoms with E-state index in [0.29, 0.717) is 13.2 Å². The molecule has 1 saturated heterocycles. The molecule has 2 atom stereocenters. The SMILES string of the molecule is c1ccc(C[C@]2(c3ccccc3)OCCO[C@H]2c2ccccc2)cc1. The van der Waals surface area contributed by atoms with Gasteiger partial charge < -0.3 is 9.47 Å². The highest BCUT2D eigenvalue weighted by Gasteiger charge is 2.45. The minimum atomic E-state index is -0.526. The Morgan fingerprint density at radius 1 is 0.720 bits per heavy atom. The highest BCUT2D eigenvalue weighted by molar-refractivity contribution is 5.33. The second-order valence-corrected chi connectivity index (χ2v) is 6.43. The molecule has 0 aliphatic carbocycles. The van der Waals surface area contributed by atoms with Gasteiger partial charge in [-0.15, -0.1) is 0 Å². The molecule has 0 spiro atoms. The van der Waals surface area contributed by atoms with Gasteiger partial charge in [0.15, 0.2) is 0 Å². The molecule has 0 amide bonds. The molecular weight excluding hydrogens is 308 g/mol. The first-order chi connectivity index (χ1) is 12.4. The fourth-order valence-electron chi connectivity index (χ4n) is 3.69. The van der Waals surface area contributed by atoms with E-state index in [0.717, 1.165) is 17.5 Å². The summed E-state index contributed by atoms with van der Waals surface area (Å²) in [4.78, 5) is 0. The van der Waals surface area contributed by atoms with Crippen LogP contribution in [0.25, 0.3) is 0 Å². The summed E-state index contributed by atoms with van der Waals surface area (Å²) in [6.07, 6.45) is 0.641. The Morgan fingerprint density at radius 3 is 2.00 bits per heavy atom. The first-order valence-electron chi connectivity index (χ1n) is 8.78. The molecule has 0 saturated carbocycles. The zero-order chi connectivity index (χ0) is 17.0. The summed E-state index contributed by atoms with van der Waals surface area (Å²) in [5.41, 5.74) is 3.04. The predicted octanol–water partition coefficient (Wildman–Crippen LogP) is 4.91. The first-order valence-corrected chi connectivity index (χ1v) is 8.78. The predicted molar refractivity (Wildman–Crippen MR) is 99.4 cm³/mol. The summed E-state index contributed by atoms with van der Waals surface area (Å²) in [6, 6.07) is 31.4. The molecule has 1 aliphatic heterocycles. The van der Waals surface area contributed by atoms with E-state index in [4.69, 9.17) is 9.47 Å². The Labute approximate surface area is 149 Å². The van der Waals surface area contributed by atoms with Gasteiger partial charge in [-0.05, 0) is 16.7 Å². The maximum Gasteiger partial charge on any atom is 0.127 e. The van der Waals surface area contributed by atoms with Crippen LogP contribution in [0.5, 0.6) is 0 Å². The van der Waals surface area contributed by atoms with E-state index >= 15 is 0 Å². The van der Waals surface area contributed by atoms with Crippen LogP contribution in [0.2, 0.25) is 0 Å². The van der Waals surface area contributed by atoms with E-state index in [1.807, 2.05) is 18.2 Å². The molecule has 0 radical (unpaired) electrons. The fraction of sp³-hybridized carbons (Fsp3) is 0.217. The Balaban J connectivity index is 1.83. The molecule has 4 rings (SSSR count). The largest absolute Gasteiger partial charge is 0.368 e. The van der Waals surface area contributed by atoms with Gasteiger partial charge in [0.05, 0.1) is 13.2 Å². The van der Waals surface area contributed by atoms with Crippen LogP contribution < -0.4 is 0 Å². The van der Waals surface area contributed by atoms with Gasteiger partial charge in [-0.25, -0.2) is 0 Å². The van der Waals surface area contributed by atoms with Gasteiger partial charge in [-0.3, -0.25) is 0 Å². The van der Waals surface area contributed by atoms with Crippen molar-refractivity contribution < 1.29 is 9.47 Å². The Morgan fingerprint density at radius 2 is 1.32 bits per heavy atom. The second-order valence-electron chi connectivity index (χ2n) is 6.43. The molecule has 0 bridgehead atoms. The van der Waals surface area contributed by atoms with E-state index in [9.17, 15) is 0 Å². The monoisotopic (exact) mass is 330 g/mol. The summed E-state index contributed by atoms with van der Waals surface area (Å²) >= 11 is 0. The Bertz CT molecular complexity index is 786. The second kappa shape index (κ2) is 7.22. The minimum absolute atomic E-state index is 0.134. The zero-order valence-electron chi connectivity index (χ0n) is 14.2. The lowest BCUT2D eigenvalue weighted by Crippen LogP contribution is -2.45. The average Bonchev–Trinajstić information content (AvgIpc) is 2.70. The minimum Gasteiger partial charge on any atom is -0.368 e. The third-order valence-electron chi connectivity index (χ3n) is 4.83. The molecule has 1 aliphatic rings. The highest BCUT2D eigenvalue weighted by Crippen LogP contribution is 2.45. The molecule has 2 nitrogen and oxygen atoms in total. The van der Waals surface area contributed by atoms with Crippen molar-refractivity contribution in [2.75, 3.05) is 13.2 Å². The number of ether oxygens (including phenoxy) is 2. The van der Waals surface area contributed by atoms with Crippen LogP contribution in [0.1, 0.15) is 22.8 Å². The van der Waals surface area contributed by atoms with Crippen molar-refractivity contribution in [3.05, 3.63) is 108 Å². The molecule has 1 fully saturated rings. The van der Waals surface area contributed by atoms with Crippen molar-refractivity contribution in [3.8, 4) is 0 Å². The molecule has 25 heavy (non-hydrogen) atoms. The summed E-state index contributed by atoms with van der Waals surface area (Å²) in [5.74, 6) is 0. The maximum atomic E-state index is 6.50. The van der Waals surface area contributed by atoms with Crippen molar-refractivity contribution in [2.24, 2.45) is 0 Å². The van der Waals surface area contributed by atoms with Crippen LogP contribution in [0.3, 0.4) is 0 Å². The van der Waals surface area contributed by atoms with E-state index < -0.39 is 5.60 Å². The Hall–Kier alpha value is -2.42. The molecule has 2 heteroatoms. The van der Waals surface area contributed by atoms with Gasteiger partial charge >= 0.3 is 0 Å². The van der Waals surface area contributed by atoms with Crippen LogP contribution in [0.15, 0.2) is 91.0 Å². The van der Waals surface area contributed by atoms with Crippen molar-refractivity contribution >= 4 is 0 Å². The average molecular weight is 330 g/mol. The van der Waals surface area contributed by atoms with Crippen LogP contribution in [0.4, 0.5) is 0 Å². The summed E-state index contributed by atoms with van der Waals surface area (Å²) < 4.78 is 12.8. The molecule has 1 heterocycles. The lowest BCUT2D eigenvalue weighted by atomic mass is 9.79. The molecule has 3 aromatic rings. The zero-order valence-corrected chi connectivity index (χ0v) is 14.2. The smallest absolute Gasteiger partial charge is 0.127 e. The quantitative estimate of drug-likeness (QED) is 0.676. The summed E-state index contributed by atoms with van der Waals surface area (Å²) in [5, 5.41) is 0. The van der Waals surface area contributed by atoms with Gasteiger partial charge in [0.1, 0.15) is 11.7 Å². The van der Waals surface area contributed by atoms with Crippen molar-refractivity contribution in [1.82, 2.24) is 0 Å². The van der Waals surface area contributed by atoms with Crippen LogP contribution >= 0.6 is 0 Å². The first kappa shape index (κ1) is 16.1. The van der Waals surface area contributed by atoms with E-state index in [1.165, 1.54) is 5.56 Å². The third kappa shape index (κ3) is 3.23. The normalized spacial score (nSPS) is 23.3. The van der Waals surface area contributed by atoms with E-state index in [-0.39, 0.29) is 6.10 Å². The third-order valence-corrected chi connectivity index (χ3v) is 4.83. The van der Waals surface area contributed by atoms with Gasteiger partial charge in [-0.2, -0.15) is 0 Å². The molecule has 0 unspecified atom stereocenters. The molecular formula is C23H22O2. The molecule has 0 N–H and O–H groups in total. The lowest BCUT2D eigenvalue weighted by molar-refractivity contribution is -0.213. The molecule has 3 aromatic carbocycles.